The van der Waals surface area contributed by atoms with Gasteiger partial charge in [0.05, 0.1) is 5.56 Å². The fourth-order valence-corrected chi connectivity index (χ4v) is 2.13. The second kappa shape index (κ2) is 4.91. The van der Waals surface area contributed by atoms with Gasteiger partial charge in [0, 0.05) is 5.69 Å². The predicted molar refractivity (Wildman–Crippen MR) is 66.7 cm³/mol. The third-order valence-corrected chi connectivity index (χ3v) is 3.53. The molecular weight excluding hydrogens is 287 g/mol. The molecule has 0 aromatic carbocycles. The summed E-state index contributed by atoms with van der Waals surface area (Å²) in [6.45, 7) is 0.505. The summed E-state index contributed by atoms with van der Waals surface area (Å²) < 4.78 is 39.0. The Morgan fingerprint density at radius 2 is 2.14 bits per heavy atom. The van der Waals surface area contributed by atoms with Gasteiger partial charge in [-0.1, -0.05) is 0 Å². The Morgan fingerprint density at radius 3 is 2.67 bits per heavy atom. The Bertz CT molecular complexity index is 637. The van der Waals surface area contributed by atoms with Crippen molar-refractivity contribution in [1.82, 2.24) is 4.98 Å². The van der Waals surface area contributed by atoms with E-state index in [0.717, 1.165) is 12.0 Å². The average molecular weight is 299 g/mol. The lowest BCUT2D eigenvalue weighted by molar-refractivity contribution is -0.192. The number of hydrogen-bond acceptors (Lipinski definition) is 4. The van der Waals surface area contributed by atoms with Gasteiger partial charge in [0.2, 0.25) is 5.54 Å². The maximum Gasteiger partial charge on any atom is 0.422 e. The molecule has 2 rings (SSSR count). The van der Waals surface area contributed by atoms with Gasteiger partial charge in [0.1, 0.15) is 11.9 Å². The molecule has 0 fully saturated rings. The number of carbonyl (C=O) groups is 1. The summed E-state index contributed by atoms with van der Waals surface area (Å²) in [6, 6.07) is 3.22. The van der Waals surface area contributed by atoms with Crippen molar-refractivity contribution >= 4 is 11.8 Å². The van der Waals surface area contributed by atoms with Gasteiger partial charge >= 0.3 is 12.1 Å². The molecule has 1 unspecified atom stereocenters. The molecule has 0 spiro atoms. The molecule has 1 atom stereocenters. The molecule has 0 bridgehead atoms. The predicted octanol–water partition coefficient (Wildman–Crippen LogP) is 2.26. The lowest BCUT2D eigenvalue weighted by Crippen LogP contribution is -2.55. The number of hydrogen-bond donors (Lipinski definition) is 2. The Morgan fingerprint density at radius 1 is 1.48 bits per heavy atom. The first-order valence-electron chi connectivity index (χ1n) is 6.20. The summed E-state index contributed by atoms with van der Waals surface area (Å²) in [6.07, 6.45) is -2.91. The Kier molecular flexibility index (Phi) is 3.53. The Labute approximate surface area is 118 Å². The number of nitrogens with one attached hydrogen (secondary N) is 1. The number of fused-ring (bicyclic) bond motifs is 1. The number of alkyl halides is 3. The van der Waals surface area contributed by atoms with Crippen molar-refractivity contribution in [3.05, 3.63) is 22.9 Å². The first-order chi connectivity index (χ1) is 9.69. The highest BCUT2D eigenvalue weighted by atomic mass is 19.4. The van der Waals surface area contributed by atoms with Crippen LogP contribution in [0.25, 0.3) is 0 Å². The van der Waals surface area contributed by atoms with Crippen LogP contribution in [0.3, 0.4) is 0 Å². The number of pyridine rings is 1. The molecule has 1 heterocycles. The van der Waals surface area contributed by atoms with Gasteiger partial charge in [-0.2, -0.15) is 18.4 Å². The third-order valence-electron chi connectivity index (χ3n) is 3.53. The van der Waals surface area contributed by atoms with E-state index in [1.54, 1.807) is 6.07 Å². The van der Waals surface area contributed by atoms with E-state index < -0.39 is 17.7 Å². The minimum Gasteiger partial charge on any atom is -0.479 e. The van der Waals surface area contributed by atoms with Crippen LogP contribution in [0, 0.1) is 11.3 Å². The molecule has 0 saturated heterocycles. The molecule has 1 aliphatic carbocycles. The van der Waals surface area contributed by atoms with Crippen molar-refractivity contribution < 1.29 is 23.1 Å². The first kappa shape index (κ1) is 15.1. The van der Waals surface area contributed by atoms with Crippen LogP contribution >= 0.6 is 0 Å². The van der Waals surface area contributed by atoms with E-state index >= 15 is 0 Å². The van der Waals surface area contributed by atoms with Gasteiger partial charge < -0.3 is 10.4 Å². The second-order valence-corrected chi connectivity index (χ2v) is 5.01. The van der Waals surface area contributed by atoms with Crippen molar-refractivity contribution in [2.24, 2.45) is 0 Å². The smallest absolute Gasteiger partial charge is 0.422 e. The van der Waals surface area contributed by atoms with Crippen LogP contribution in [-0.2, 0) is 17.6 Å². The molecule has 5 nitrogen and oxygen atoms in total. The number of carboxylic acid groups (broad SMARTS) is 1. The Balaban J connectivity index is 2.48. The zero-order valence-electron chi connectivity index (χ0n) is 11.1. The van der Waals surface area contributed by atoms with E-state index in [4.69, 9.17) is 10.4 Å². The van der Waals surface area contributed by atoms with E-state index in [9.17, 15) is 18.0 Å². The monoisotopic (exact) mass is 299 g/mol. The summed E-state index contributed by atoms with van der Waals surface area (Å²) in [5.74, 6) is -2.43. The standard InChI is InChI=1S/C13H12F3N3O2/c1-12(11(20)21,13(14,15)16)19-10-8(6-17)5-7-3-2-4-9(7)18-10/h5H,2-4H2,1H3,(H,18,19)(H,20,21). The summed E-state index contributed by atoms with van der Waals surface area (Å²) in [5, 5.41) is 19.8. The normalized spacial score (nSPS) is 16.7. The van der Waals surface area contributed by atoms with Crippen molar-refractivity contribution in [2.45, 2.75) is 37.9 Å². The zero-order chi connectivity index (χ0) is 15.8. The van der Waals surface area contributed by atoms with Gasteiger partial charge in [-0.3, -0.25) is 0 Å². The molecule has 8 heteroatoms. The number of halogens is 3. The molecular formula is C13H12F3N3O2. The van der Waals surface area contributed by atoms with Gasteiger partial charge in [-0.15, -0.1) is 0 Å². The van der Waals surface area contributed by atoms with Crippen LogP contribution in [-0.4, -0.2) is 27.8 Å². The van der Waals surface area contributed by atoms with Crippen molar-refractivity contribution in [3.8, 4) is 6.07 Å². The summed E-state index contributed by atoms with van der Waals surface area (Å²) >= 11 is 0. The summed E-state index contributed by atoms with van der Waals surface area (Å²) in [4.78, 5) is 15.0. The zero-order valence-corrected chi connectivity index (χ0v) is 11.1. The van der Waals surface area contributed by atoms with Gasteiger partial charge in [0.25, 0.3) is 0 Å². The minimum absolute atomic E-state index is 0.0904. The van der Waals surface area contributed by atoms with E-state index in [-0.39, 0.29) is 11.4 Å². The molecule has 1 aliphatic rings. The van der Waals surface area contributed by atoms with Crippen LogP contribution in [0.2, 0.25) is 0 Å². The molecule has 1 aromatic heterocycles. The highest BCUT2D eigenvalue weighted by Crippen LogP contribution is 2.35. The molecule has 21 heavy (non-hydrogen) atoms. The fraction of sp³-hybridized carbons (Fsp3) is 0.462. The van der Waals surface area contributed by atoms with Gasteiger partial charge in [-0.25, -0.2) is 9.78 Å². The maximum atomic E-state index is 13.0. The number of carboxylic acids is 1. The second-order valence-electron chi connectivity index (χ2n) is 5.01. The molecule has 0 aliphatic heterocycles. The van der Waals surface area contributed by atoms with Crippen molar-refractivity contribution in [1.29, 1.82) is 5.26 Å². The lowest BCUT2D eigenvalue weighted by Gasteiger charge is -2.29. The first-order valence-corrected chi connectivity index (χ1v) is 6.20. The molecule has 0 amide bonds. The van der Waals surface area contributed by atoms with E-state index in [0.29, 0.717) is 25.5 Å². The molecule has 1 aromatic rings. The number of aromatic nitrogens is 1. The molecule has 112 valence electrons. The lowest BCUT2D eigenvalue weighted by atomic mass is 10.0. The number of rotatable bonds is 3. The fourth-order valence-electron chi connectivity index (χ4n) is 2.13. The number of aryl methyl sites for hydroxylation is 2. The Hall–Kier alpha value is -2.30. The van der Waals surface area contributed by atoms with Crippen LogP contribution in [0.15, 0.2) is 6.07 Å². The van der Waals surface area contributed by atoms with E-state index in [2.05, 4.69) is 4.98 Å². The quantitative estimate of drug-likeness (QED) is 0.894. The molecule has 0 radical (unpaired) electrons. The molecule has 0 saturated carbocycles. The number of anilines is 1. The van der Waals surface area contributed by atoms with Crippen LogP contribution in [0.1, 0.15) is 30.2 Å². The van der Waals surface area contributed by atoms with Crippen molar-refractivity contribution in [2.75, 3.05) is 5.32 Å². The third kappa shape index (κ3) is 2.51. The van der Waals surface area contributed by atoms with Crippen LogP contribution in [0.5, 0.6) is 0 Å². The number of nitrogens with zero attached hydrogens (tertiary/aromatic N) is 2. The van der Waals surface area contributed by atoms with Gasteiger partial charge in [0.15, 0.2) is 0 Å². The highest BCUT2D eigenvalue weighted by molar-refractivity contribution is 5.83. The maximum absolute atomic E-state index is 13.0. The highest BCUT2D eigenvalue weighted by Gasteiger charge is 2.58. The van der Waals surface area contributed by atoms with Crippen LogP contribution in [0.4, 0.5) is 19.0 Å². The summed E-state index contributed by atoms with van der Waals surface area (Å²) in [7, 11) is 0. The van der Waals surface area contributed by atoms with E-state index in [1.807, 2.05) is 5.32 Å². The number of nitriles is 1. The van der Waals surface area contributed by atoms with Gasteiger partial charge in [-0.05, 0) is 37.8 Å². The van der Waals surface area contributed by atoms with Crippen LogP contribution < -0.4 is 5.32 Å². The van der Waals surface area contributed by atoms with E-state index in [1.165, 1.54) is 6.07 Å². The van der Waals surface area contributed by atoms with Crippen molar-refractivity contribution in [3.63, 3.8) is 0 Å². The largest absolute Gasteiger partial charge is 0.479 e. The topological polar surface area (TPSA) is 86.0 Å². The average Bonchev–Trinajstić information content (AvgIpc) is 2.83. The SMILES string of the molecule is CC(Nc1nc2c(cc1C#N)CCC2)(C(=O)O)C(F)(F)F. The summed E-state index contributed by atoms with van der Waals surface area (Å²) in [5.41, 5.74) is -1.88. The minimum atomic E-state index is -5.04. The molecule has 2 N–H and O–H groups in total. The number of aliphatic carboxylic acids is 1.